The van der Waals surface area contributed by atoms with E-state index in [4.69, 9.17) is 35.8 Å². The lowest BCUT2D eigenvalue weighted by Gasteiger charge is -2.17. The summed E-state index contributed by atoms with van der Waals surface area (Å²) in [5.74, 6) is 1.15. The Hall–Kier alpha value is -2.91. The van der Waals surface area contributed by atoms with Gasteiger partial charge in [-0.2, -0.15) is 0 Å². The highest BCUT2D eigenvalue weighted by atomic mass is 16.5. The van der Waals surface area contributed by atoms with Crippen LogP contribution in [0.5, 0.6) is 5.75 Å². The first-order valence-corrected chi connectivity index (χ1v) is 8.57. The lowest BCUT2D eigenvalue weighted by Crippen LogP contribution is -2.16. The van der Waals surface area contributed by atoms with Gasteiger partial charge in [-0.3, -0.25) is 0 Å². The molecule has 0 aliphatic heterocycles. The summed E-state index contributed by atoms with van der Waals surface area (Å²) in [5, 5.41) is 0. The molecule has 0 aliphatic carbocycles. The highest BCUT2D eigenvalue weighted by Gasteiger charge is 2.18. The van der Waals surface area contributed by atoms with Crippen molar-refractivity contribution in [2.24, 2.45) is 11.5 Å². The second kappa shape index (κ2) is 8.41. The monoisotopic (exact) mass is 384 g/mol. The predicted octanol–water partition coefficient (Wildman–Crippen LogP) is 2.81. The number of hydrogen-bond acceptors (Lipinski definition) is 8. The first kappa shape index (κ1) is 19.8. The second-order valence-electron chi connectivity index (χ2n) is 6.19. The van der Waals surface area contributed by atoms with Crippen LogP contribution in [0.1, 0.15) is 23.6 Å². The number of methoxy groups -OCH3 is 3. The molecule has 0 aliphatic rings. The minimum absolute atomic E-state index is 0.500. The Balaban J connectivity index is 2.12. The molecule has 0 fully saturated rings. The smallest absolute Gasteiger partial charge is 0.182 e. The molecule has 0 bridgehead atoms. The number of nitrogen functional groups attached to an aromatic ring is 1. The van der Waals surface area contributed by atoms with Crippen molar-refractivity contribution in [2.45, 2.75) is 12.5 Å². The van der Waals surface area contributed by atoms with Crippen LogP contribution in [0.2, 0.25) is 0 Å². The summed E-state index contributed by atoms with van der Waals surface area (Å²) in [6.07, 6.45) is 0.147. The largest absolute Gasteiger partial charge is 0.495 e. The number of oxazole rings is 1. The maximum absolute atomic E-state index is 6.05. The van der Waals surface area contributed by atoms with Crippen molar-refractivity contribution in [1.29, 1.82) is 0 Å². The molecule has 0 spiro atoms. The van der Waals surface area contributed by atoms with Gasteiger partial charge in [0.25, 0.3) is 0 Å². The van der Waals surface area contributed by atoms with Gasteiger partial charge in [0.1, 0.15) is 23.9 Å². The number of nitrogens with zero attached hydrogens (tertiary/aromatic N) is 1. The molecular formula is C20H24N4O4. The zero-order chi connectivity index (χ0) is 20.3. The maximum atomic E-state index is 6.05. The SMILES string of the molecule is COc1ccc(-c2ocnc2-c2cc(C(N)OC)cc(C(N)OC)c2)cc1N. The van der Waals surface area contributed by atoms with E-state index in [2.05, 4.69) is 4.98 Å². The Morgan fingerprint density at radius 3 is 2.07 bits per heavy atom. The molecule has 8 nitrogen and oxygen atoms in total. The molecule has 6 N–H and O–H groups in total. The third-order valence-electron chi connectivity index (χ3n) is 4.48. The van der Waals surface area contributed by atoms with Gasteiger partial charge in [0.05, 0.1) is 12.8 Å². The zero-order valence-electron chi connectivity index (χ0n) is 16.0. The molecule has 148 valence electrons. The van der Waals surface area contributed by atoms with Crippen LogP contribution in [0.25, 0.3) is 22.6 Å². The normalized spacial score (nSPS) is 13.3. The molecule has 8 heteroatoms. The van der Waals surface area contributed by atoms with Gasteiger partial charge in [-0.1, -0.05) is 0 Å². The van der Waals surface area contributed by atoms with E-state index in [1.807, 2.05) is 24.3 Å². The Morgan fingerprint density at radius 2 is 1.54 bits per heavy atom. The van der Waals surface area contributed by atoms with Crippen LogP contribution in [-0.4, -0.2) is 26.3 Å². The van der Waals surface area contributed by atoms with Crippen molar-refractivity contribution < 1.29 is 18.6 Å². The molecule has 0 saturated carbocycles. The van der Waals surface area contributed by atoms with Gasteiger partial charge >= 0.3 is 0 Å². The van der Waals surface area contributed by atoms with E-state index in [0.717, 1.165) is 22.3 Å². The predicted molar refractivity (Wildman–Crippen MR) is 106 cm³/mol. The van der Waals surface area contributed by atoms with Crippen molar-refractivity contribution in [3.05, 3.63) is 53.9 Å². The Morgan fingerprint density at radius 1 is 0.893 bits per heavy atom. The molecule has 3 rings (SSSR count). The van der Waals surface area contributed by atoms with E-state index in [1.165, 1.54) is 20.6 Å². The average Bonchev–Trinajstić information content (AvgIpc) is 3.22. The van der Waals surface area contributed by atoms with E-state index >= 15 is 0 Å². The topological polar surface area (TPSA) is 132 Å². The number of rotatable bonds is 7. The average molecular weight is 384 g/mol. The Bertz CT molecular complexity index is 929. The van der Waals surface area contributed by atoms with E-state index < -0.39 is 12.5 Å². The first-order valence-electron chi connectivity index (χ1n) is 8.57. The molecule has 0 radical (unpaired) electrons. The van der Waals surface area contributed by atoms with Crippen molar-refractivity contribution in [3.8, 4) is 28.3 Å². The summed E-state index contributed by atoms with van der Waals surface area (Å²) in [4.78, 5) is 4.39. The highest BCUT2D eigenvalue weighted by Crippen LogP contribution is 2.36. The molecule has 28 heavy (non-hydrogen) atoms. The Kier molecular flexibility index (Phi) is 5.96. The van der Waals surface area contributed by atoms with Crippen molar-refractivity contribution >= 4 is 5.69 Å². The van der Waals surface area contributed by atoms with Gasteiger partial charge in [-0.05, 0) is 47.5 Å². The van der Waals surface area contributed by atoms with Gasteiger partial charge in [0.2, 0.25) is 0 Å². The maximum Gasteiger partial charge on any atom is 0.182 e. The fourth-order valence-corrected chi connectivity index (χ4v) is 2.95. The quantitative estimate of drug-likeness (QED) is 0.418. The number of nitrogens with two attached hydrogens (primary N) is 3. The number of benzene rings is 2. The second-order valence-corrected chi connectivity index (χ2v) is 6.19. The van der Waals surface area contributed by atoms with Gasteiger partial charge in [0.15, 0.2) is 12.2 Å². The number of hydrogen-bond donors (Lipinski definition) is 3. The summed E-state index contributed by atoms with van der Waals surface area (Å²) < 4.78 is 21.4. The summed E-state index contributed by atoms with van der Waals surface area (Å²) in [7, 11) is 4.64. The minimum atomic E-state index is -0.616. The molecular weight excluding hydrogens is 360 g/mol. The minimum Gasteiger partial charge on any atom is -0.495 e. The lowest BCUT2D eigenvalue weighted by atomic mass is 9.99. The van der Waals surface area contributed by atoms with E-state index in [-0.39, 0.29) is 0 Å². The number of aromatic nitrogens is 1. The van der Waals surface area contributed by atoms with Gasteiger partial charge in [-0.25, -0.2) is 4.98 Å². The molecule has 2 atom stereocenters. The van der Waals surface area contributed by atoms with Crippen molar-refractivity contribution in [1.82, 2.24) is 4.98 Å². The molecule has 1 heterocycles. The van der Waals surface area contributed by atoms with Crippen LogP contribution < -0.4 is 21.9 Å². The van der Waals surface area contributed by atoms with Gasteiger partial charge in [0, 0.05) is 25.3 Å². The fourth-order valence-electron chi connectivity index (χ4n) is 2.95. The van der Waals surface area contributed by atoms with Gasteiger partial charge in [-0.15, -0.1) is 0 Å². The molecule has 0 amide bonds. The van der Waals surface area contributed by atoms with Gasteiger partial charge < -0.3 is 35.8 Å². The molecule has 2 unspecified atom stereocenters. The molecule has 3 aromatic rings. The van der Waals surface area contributed by atoms with Crippen LogP contribution in [0.15, 0.2) is 47.2 Å². The van der Waals surface area contributed by atoms with Crippen LogP contribution >= 0.6 is 0 Å². The summed E-state index contributed by atoms with van der Waals surface area (Å²) >= 11 is 0. The standard InChI is InChI=1S/C20H24N4O4/c1-25-16-5-4-11(9-15(16)21)18-17(24-10-28-18)12-6-13(19(22)26-2)8-14(7-12)20(23)27-3/h4-10,19-20H,21-23H2,1-3H3. The number of ether oxygens (including phenoxy) is 3. The third kappa shape index (κ3) is 3.85. The lowest BCUT2D eigenvalue weighted by molar-refractivity contribution is 0.104. The first-order chi connectivity index (χ1) is 13.5. The number of anilines is 1. The molecule has 0 saturated heterocycles. The van der Waals surface area contributed by atoms with Crippen LogP contribution in [0.3, 0.4) is 0 Å². The van der Waals surface area contributed by atoms with E-state index in [0.29, 0.717) is 22.9 Å². The third-order valence-corrected chi connectivity index (χ3v) is 4.48. The van der Waals surface area contributed by atoms with E-state index in [9.17, 15) is 0 Å². The summed E-state index contributed by atoms with van der Waals surface area (Å²) in [6, 6.07) is 11.0. The summed E-state index contributed by atoms with van der Waals surface area (Å²) in [5.41, 5.74) is 22.3. The Labute approximate surface area is 163 Å². The van der Waals surface area contributed by atoms with Crippen molar-refractivity contribution in [2.75, 3.05) is 27.1 Å². The van der Waals surface area contributed by atoms with Crippen LogP contribution in [0.4, 0.5) is 5.69 Å². The van der Waals surface area contributed by atoms with E-state index in [1.54, 1.807) is 19.2 Å². The van der Waals surface area contributed by atoms with Crippen LogP contribution in [0, 0.1) is 0 Å². The van der Waals surface area contributed by atoms with Crippen LogP contribution in [-0.2, 0) is 9.47 Å². The highest BCUT2D eigenvalue weighted by molar-refractivity contribution is 5.79. The molecule has 2 aromatic carbocycles. The van der Waals surface area contributed by atoms with Crippen molar-refractivity contribution in [3.63, 3.8) is 0 Å². The zero-order valence-corrected chi connectivity index (χ0v) is 16.0. The molecule has 1 aromatic heterocycles. The summed E-state index contributed by atoms with van der Waals surface area (Å²) in [6.45, 7) is 0. The fraction of sp³-hybridized carbons (Fsp3) is 0.250.